The minimum absolute atomic E-state index is 0.104. The Bertz CT molecular complexity index is 899. The van der Waals surface area contributed by atoms with Crippen molar-refractivity contribution in [3.05, 3.63) is 58.4 Å². The van der Waals surface area contributed by atoms with Gasteiger partial charge < -0.3 is 9.88 Å². The number of hydrogen-bond acceptors (Lipinski definition) is 2. The molecular formula is C18H18ClN3O. The van der Waals surface area contributed by atoms with Crippen LogP contribution in [0.25, 0.3) is 11.0 Å². The highest BCUT2D eigenvalue weighted by atomic mass is 35.5. The molecule has 3 rings (SSSR count). The number of carbonyl (C=O) groups excluding carboxylic acids is 1. The summed E-state index contributed by atoms with van der Waals surface area (Å²) in [4.78, 5) is 16.9. The van der Waals surface area contributed by atoms with E-state index in [9.17, 15) is 4.79 Å². The van der Waals surface area contributed by atoms with Gasteiger partial charge in [0.2, 0.25) is 5.91 Å². The monoisotopic (exact) mass is 327 g/mol. The van der Waals surface area contributed by atoms with E-state index >= 15 is 0 Å². The number of nitrogens with one attached hydrogen (secondary N) is 1. The molecule has 0 atom stereocenters. The topological polar surface area (TPSA) is 46.9 Å². The van der Waals surface area contributed by atoms with E-state index < -0.39 is 0 Å². The third-order valence-electron chi connectivity index (χ3n) is 3.96. The number of hydrogen-bond donors (Lipinski definition) is 1. The summed E-state index contributed by atoms with van der Waals surface area (Å²) in [5, 5.41) is 3.46. The first kappa shape index (κ1) is 15.6. The quantitative estimate of drug-likeness (QED) is 0.781. The number of aryl methyl sites for hydroxylation is 3. The molecule has 4 nitrogen and oxygen atoms in total. The average molecular weight is 328 g/mol. The first-order valence-corrected chi connectivity index (χ1v) is 7.81. The van der Waals surface area contributed by atoms with Crippen LogP contribution < -0.4 is 5.32 Å². The molecule has 1 aromatic heterocycles. The first-order chi connectivity index (χ1) is 10.9. The number of anilines is 1. The molecule has 23 heavy (non-hydrogen) atoms. The molecule has 3 aromatic rings. The summed E-state index contributed by atoms with van der Waals surface area (Å²) in [5.41, 5.74) is 4.98. The molecule has 0 saturated carbocycles. The summed E-state index contributed by atoms with van der Waals surface area (Å²) in [7, 11) is 0. The van der Waals surface area contributed by atoms with Gasteiger partial charge in [0.15, 0.2) is 0 Å². The smallest absolute Gasteiger partial charge is 0.244 e. The average Bonchev–Trinajstić information content (AvgIpc) is 2.75. The number of aromatic nitrogens is 2. The van der Waals surface area contributed by atoms with Gasteiger partial charge in [0.05, 0.1) is 11.0 Å². The van der Waals surface area contributed by atoms with Gasteiger partial charge in [0.25, 0.3) is 0 Å². The number of rotatable bonds is 3. The molecule has 0 spiro atoms. The van der Waals surface area contributed by atoms with Crippen molar-refractivity contribution in [2.45, 2.75) is 27.3 Å². The van der Waals surface area contributed by atoms with Crippen molar-refractivity contribution < 1.29 is 4.79 Å². The van der Waals surface area contributed by atoms with Crippen LogP contribution in [-0.2, 0) is 11.3 Å². The van der Waals surface area contributed by atoms with E-state index in [1.807, 2.05) is 23.6 Å². The molecule has 0 fully saturated rings. The van der Waals surface area contributed by atoms with Gasteiger partial charge in [0.1, 0.15) is 12.4 Å². The molecule has 0 aliphatic rings. The Morgan fingerprint density at radius 2 is 1.91 bits per heavy atom. The van der Waals surface area contributed by atoms with Crippen LogP contribution in [0.2, 0.25) is 5.02 Å². The van der Waals surface area contributed by atoms with Crippen molar-refractivity contribution in [2.24, 2.45) is 0 Å². The zero-order valence-electron chi connectivity index (χ0n) is 13.4. The van der Waals surface area contributed by atoms with E-state index in [0.717, 1.165) is 16.9 Å². The van der Waals surface area contributed by atoms with Crippen LogP contribution in [-0.4, -0.2) is 15.5 Å². The largest absolute Gasteiger partial charge is 0.324 e. The molecule has 118 valence electrons. The molecule has 1 amide bonds. The van der Waals surface area contributed by atoms with E-state index in [4.69, 9.17) is 11.6 Å². The lowest BCUT2D eigenvalue weighted by Crippen LogP contribution is -2.19. The van der Waals surface area contributed by atoms with Crippen molar-refractivity contribution in [1.82, 2.24) is 9.55 Å². The fourth-order valence-electron chi connectivity index (χ4n) is 2.61. The Kier molecular flexibility index (Phi) is 4.09. The van der Waals surface area contributed by atoms with Crippen molar-refractivity contribution in [3.63, 3.8) is 0 Å². The van der Waals surface area contributed by atoms with Crippen LogP contribution in [0.5, 0.6) is 0 Å². The maximum atomic E-state index is 12.3. The minimum atomic E-state index is -0.104. The van der Waals surface area contributed by atoms with Crippen LogP contribution >= 0.6 is 11.6 Å². The number of amides is 1. The second kappa shape index (κ2) is 6.05. The molecule has 1 heterocycles. The van der Waals surface area contributed by atoms with Crippen LogP contribution in [0, 0.1) is 20.8 Å². The molecule has 0 bridgehead atoms. The van der Waals surface area contributed by atoms with Crippen LogP contribution in [0.1, 0.15) is 17.0 Å². The molecule has 1 N–H and O–H groups in total. The van der Waals surface area contributed by atoms with E-state index in [-0.39, 0.29) is 12.5 Å². The van der Waals surface area contributed by atoms with Gasteiger partial charge in [-0.1, -0.05) is 17.7 Å². The number of nitrogens with zero attached hydrogens (tertiary/aromatic N) is 2. The molecule has 0 aliphatic heterocycles. The lowest BCUT2D eigenvalue weighted by molar-refractivity contribution is -0.116. The van der Waals surface area contributed by atoms with Crippen molar-refractivity contribution in [1.29, 1.82) is 0 Å². The number of halogens is 1. The van der Waals surface area contributed by atoms with Gasteiger partial charge in [-0.2, -0.15) is 0 Å². The number of fused-ring (bicyclic) bond motifs is 1. The summed E-state index contributed by atoms with van der Waals surface area (Å²) in [6, 6.07) is 11.3. The fraction of sp³-hybridized carbons (Fsp3) is 0.222. The Balaban J connectivity index is 1.87. The lowest BCUT2D eigenvalue weighted by Gasteiger charge is -2.09. The Morgan fingerprint density at radius 3 is 2.65 bits per heavy atom. The predicted molar refractivity (Wildman–Crippen MR) is 94.0 cm³/mol. The Hall–Kier alpha value is -2.33. The second-order valence-electron chi connectivity index (χ2n) is 5.73. The van der Waals surface area contributed by atoms with Crippen molar-refractivity contribution >= 4 is 34.2 Å². The normalized spacial score (nSPS) is 11.0. The highest BCUT2D eigenvalue weighted by molar-refractivity contribution is 6.30. The van der Waals surface area contributed by atoms with Crippen molar-refractivity contribution in [2.75, 3.05) is 5.32 Å². The summed E-state index contributed by atoms with van der Waals surface area (Å²) < 4.78 is 1.93. The van der Waals surface area contributed by atoms with Gasteiger partial charge in [0, 0.05) is 10.7 Å². The zero-order valence-corrected chi connectivity index (χ0v) is 14.1. The summed E-state index contributed by atoms with van der Waals surface area (Å²) in [6.07, 6.45) is 0. The van der Waals surface area contributed by atoms with E-state index in [0.29, 0.717) is 10.7 Å². The van der Waals surface area contributed by atoms with Gasteiger partial charge >= 0.3 is 0 Å². The summed E-state index contributed by atoms with van der Waals surface area (Å²) >= 11 is 5.94. The van der Waals surface area contributed by atoms with Gasteiger partial charge in [-0.05, 0) is 62.2 Å². The molecular weight excluding hydrogens is 310 g/mol. The van der Waals surface area contributed by atoms with Crippen molar-refractivity contribution in [3.8, 4) is 0 Å². The SMILES string of the molecule is Cc1cc2nc(C)n(CC(=O)Nc3cccc(Cl)c3)c2cc1C. The van der Waals surface area contributed by atoms with Crippen LogP contribution in [0.3, 0.4) is 0 Å². The number of benzene rings is 2. The predicted octanol–water partition coefficient (Wildman–Crippen LogP) is 4.25. The van der Waals surface area contributed by atoms with E-state index in [2.05, 4.69) is 36.3 Å². The molecule has 0 unspecified atom stereocenters. The summed E-state index contributed by atoms with van der Waals surface area (Å²) in [6.45, 7) is 6.26. The zero-order chi connectivity index (χ0) is 16.6. The molecule has 2 aromatic carbocycles. The van der Waals surface area contributed by atoms with Crippen LogP contribution in [0.15, 0.2) is 36.4 Å². The van der Waals surface area contributed by atoms with Crippen LogP contribution in [0.4, 0.5) is 5.69 Å². The minimum Gasteiger partial charge on any atom is -0.324 e. The molecule has 0 saturated heterocycles. The standard InChI is InChI=1S/C18H18ClN3O/c1-11-7-16-17(8-12(11)2)22(13(3)20-16)10-18(23)21-15-6-4-5-14(19)9-15/h4-9H,10H2,1-3H3,(H,21,23). The lowest BCUT2D eigenvalue weighted by atomic mass is 10.1. The summed E-state index contributed by atoms with van der Waals surface area (Å²) in [5.74, 6) is 0.721. The van der Waals surface area contributed by atoms with E-state index in [1.54, 1.807) is 12.1 Å². The maximum Gasteiger partial charge on any atom is 0.244 e. The molecule has 0 aliphatic carbocycles. The molecule has 0 radical (unpaired) electrons. The third-order valence-corrected chi connectivity index (χ3v) is 4.20. The highest BCUT2D eigenvalue weighted by Gasteiger charge is 2.12. The Labute approximate surface area is 140 Å². The Morgan fingerprint density at radius 1 is 1.17 bits per heavy atom. The second-order valence-corrected chi connectivity index (χ2v) is 6.17. The van der Waals surface area contributed by atoms with E-state index in [1.165, 1.54) is 11.1 Å². The van der Waals surface area contributed by atoms with Gasteiger partial charge in [-0.15, -0.1) is 0 Å². The fourth-order valence-corrected chi connectivity index (χ4v) is 2.80. The maximum absolute atomic E-state index is 12.3. The number of imidazole rings is 1. The highest BCUT2D eigenvalue weighted by Crippen LogP contribution is 2.21. The molecule has 5 heteroatoms. The third kappa shape index (κ3) is 3.22. The van der Waals surface area contributed by atoms with Gasteiger partial charge in [-0.3, -0.25) is 4.79 Å². The number of carbonyl (C=O) groups is 1. The van der Waals surface area contributed by atoms with Gasteiger partial charge in [-0.25, -0.2) is 4.98 Å². The first-order valence-electron chi connectivity index (χ1n) is 7.43.